The number of rotatable bonds is 7. The predicted octanol–water partition coefficient (Wildman–Crippen LogP) is 4.41. The van der Waals surface area contributed by atoms with Crippen LogP contribution in [0.4, 0.5) is 22.2 Å². The highest BCUT2D eigenvalue weighted by atomic mass is 35.5. The molecule has 1 amide bonds. The van der Waals surface area contributed by atoms with Crippen LogP contribution in [0.5, 0.6) is 5.75 Å². The number of imidazole rings is 1. The molecule has 2 atom stereocenters. The third-order valence-electron chi connectivity index (χ3n) is 5.95. The molecule has 0 spiro atoms. The molecule has 1 aliphatic rings. The lowest BCUT2D eigenvalue weighted by atomic mass is 9.96. The minimum absolute atomic E-state index is 0.122. The van der Waals surface area contributed by atoms with E-state index >= 15 is 0 Å². The molecule has 3 N–H and O–H groups in total. The number of aryl methyl sites for hydroxylation is 1. The third-order valence-corrected chi connectivity index (χ3v) is 6.38. The number of hydrogen-bond acceptors (Lipinski definition) is 8. The number of alkyl halides is 1. The maximum absolute atomic E-state index is 12.3. The van der Waals surface area contributed by atoms with E-state index in [4.69, 9.17) is 32.7 Å². The number of aromatic nitrogens is 4. The number of alkyl carbamates (subject to hydrolysis) is 1. The van der Waals surface area contributed by atoms with Crippen LogP contribution in [0.15, 0.2) is 23.1 Å². The summed E-state index contributed by atoms with van der Waals surface area (Å²) in [6.45, 7) is 9.14. The van der Waals surface area contributed by atoms with E-state index in [1.807, 2.05) is 25.7 Å². The summed E-state index contributed by atoms with van der Waals surface area (Å²) in [6, 6.07) is 3.43. The SMILES string of the molecule is C[C@H]1C[C@@H](NC(=O)OC(C)(C)C)CN(c2ncc(Cl)c(Nc3cc(OCCCl)c4c(c3)[nH]c(=O)n4C)n2)C1. The Morgan fingerprint density at radius 2 is 2.05 bits per heavy atom. The van der Waals surface area contributed by atoms with Crippen LogP contribution in [0, 0.1) is 5.92 Å². The van der Waals surface area contributed by atoms with E-state index in [1.54, 1.807) is 19.2 Å². The van der Waals surface area contributed by atoms with E-state index in [9.17, 15) is 9.59 Å². The molecule has 0 aliphatic carbocycles. The molecule has 3 aromatic rings. The van der Waals surface area contributed by atoms with Gasteiger partial charge in [-0.05, 0) is 39.2 Å². The first kappa shape index (κ1) is 27.8. The standard InChI is InChI=1S/C25H33Cl2N7O4/c1-14-8-16(30-24(36)38-25(2,3)4)13-34(12-14)22-28-11-17(27)21(32-22)29-15-9-18-20(33(5)23(35)31-18)19(10-15)37-7-6-26/h9-11,14,16H,6-8,12-13H2,1-5H3,(H,30,36)(H,31,35)(H,28,29,32)/t14-,16+/m0/s1. The summed E-state index contributed by atoms with van der Waals surface area (Å²) in [5, 5.41) is 6.52. The number of piperidine rings is 1. The molecule has 206 valence electrons. The topological polar surface area (TPSA) is 126 Å². The number of benzene rings is 1. The third kappa shape index (κ3) is 6.63. The normalized spacial score (nSPS) is 17.9. The highest BCUT2D eigenvalue weighted by Crippen LogP contribution is 2.32. The number of carbonyl (C=O) groups is 1. The number of ether oxygens (including phenoxy) is 2. The van der Waals surface area contributed by atoms with Crippen molar-refractivity contribution in [2.75, 3.05) is 35.8 Å². The zero-order valence-corrected chi connectivity index (χ0v) is 23.6. The molecule has 13 heteroatoms. The van der Waals surface area contributed by atoms with Crippen LogP contribution in [0.2, 0.25) is 5.02 Å². The lowest BCUT2D eigenvalue weighted by Gasteiger charge is -2.37. The van der Waals surface area contributed by atoms with Crippen molar-refractivity contribution in [1.82, 2.24) is 24.8 Å². The monoisotopic (exact) mass is 565 g/mol. The van der Waals surface area contributed by atoms with Gasteiger partial charge in [0, 0.05) is 31.9 Å². The van der Waals surface area contributed by atoms with Gasteiger partial charge in [-0.15, -0.1) is 11.6 Å². The lowest BCUT2D eigenvalue weighted by Crippen LogP contribution is -2.51. The molecular weight excluding hydrogens is 533 g/mol. The average Bonchev–Trinajstić information content (AvgIpc) is 3.10. The summed E-state index contributed by atoms with van der Waals surface area (Å²) in [7, 11) is 1.67. The fourth-order valence-corrected chi connectivity index (χ4v) is 4.72. The maximum atomic E-state index is 12.3. The lowest BCUT2D eigenvalue weighted by molar-refractivity contribution is 0.0495. The molecule has 38 heavy (non-hydrogen) atoms. The van der Waals surface area contributed by atoms with Crippen LogP contribution in [0.1, 0.15) is 34.1 Å². The number of nitrogens with zero attached hydrogens (tertiary/aromatic N) is 4. The second-order valence-electron chi connectivity index (χ2n) is 10.5. The van der Waals surface area contributed by atoms with Crippen LogP contribution in [-0.2, 0) is 11.8 Å². The van der Waals surface area contributed by atoms with Crippen molar-refractivity contribution in [3.63, 3.8) is 0 Å². The van der Waals surface area contributed by atoms with Gasteiger partial charge in [0.2, 0.25) is 5.95 Å². The van der Waals surface area contributed by atoms with Crippen LogP contribution < -0.4 is 26.0 Å². The van der Waals surface area contributed by atoms with E-state index in [1.165, 1.54) is 10.8 Å². The molecule has 0 bridgehead atoms. The number of H-pyrrole nitrogens is 1. The molecule has 1 aromatic carbocycles. The molecule has 0 unspecified atom stereocenters. The van der Waals surface area contributed by atoms with Gasteiger partial charge in [-0.3, -0.25) is 4.57 Å². The molecule has 0 radical (unpaired) electrons. The first-order chi connectivity index (χ1) is 17.9. The molecular formula is C25H33Cl2N7O4. The van der Waals surface area contributed by atoms with Crippen molar-refractivity contribution in [2.24, 2.45) is 13.0 Å². The predicted molar refractivity (Wildman–Crippen MR) is 149 cm³/mol. The molecule has 11 nitrogen and oxygen atoms in total. The van der Waals surface area contributed by atoms with Gasteiger partial charge < -0.3 is 30.0 Å². The van der Waals surface area contributed by atoms with Crippen molar-refractivity contribution < 1.29 is 14.3 Å². The van der Waals surface area contributed by atoms with E-state index in [0.29, 0.717) is 57.6 Å². The van der Waals surface area contributed by atoms with Gasteiger partial charge in [-0.1, -0.05) is 18.5 Å². The molecule has 0 saturated carbocycles. The zero-order chi connectivity index (χ0) is 27.6. The summed E-state index contributed by atoms with van der Waals surface area (Å²) in [6.07, 6.45) is 1.90. The second kappa shape index (κ2) is 11.3. The van der Waals surface area contributed by atoms with Gasteiger partial charge >= 0.3 is 11.8 Å². The van der Waals surface area contributed by atoms with Gasteiger partial charge in [0.15, 0.2) is 5.82 Å². The number of nitrogens with one attached hydrogen (secondary N) is 3. The summed E-state index contributed by atoms with van der Waals surface area (Å²) in [4.78, 5) is 38.5. The van der Waals surface area contributed by atoms with E-state index in [2.05, 4.69) is 32.5 Å². The highest BCUT2D eigenvalue weighted by Gasteiger charge is 2.29. The Morgan fingerprint density at radius 3 is 2.76 bits per heavy atom. The molecule has 2 aromatic heterocycles. The molecule has 1 fully saturated rings. The fraction of sp³-hybridized carbons (Fsp3) is 0.520. The van der Waals surface area contributed by atoms with Crippen LogP contribution in [0.3, 0.4) is 0 Å². The minimum atomic E-state index is -0.575. The van der Waals surface area contributed by atoms with Crippen molar-refractivity contribution in [2.45, 2.75) is 45.8 Å². The van der Waals surface area contributed by atoms with Crippen molar-refractivity contribution >= 4 is 57.8 Å². The number of anilines is 3. The van der Waals surface area contributed by atoms with Crippen molar-refractivity contribution in [1.29, 1.82) is 0 Å². The highest BCUT2D eigenvalue weighted by molar-refractivity contribution is 6.32. The van der Waals surface area contributed by atoms with Gasteiger partial charge in [0.1, 0.15) is 28.5 Å². The number of aromatic amines is 1. The van der Waals surface area contributed by atoms with Crippen molar-refractivity contribution in [3.8, 4) is 5.75 Å². The van der Waals surface area contributed by atoms with Crippen molar-refractivity contribution in [3.05, 3.63) is 33.8 Å². The fourth-order valence-electron chi connectivity index (χ4n) is 4.51. The average molecular weight is 566 g/mol. The van der Waals surface area contributed by atoms with Crippen LogP contribution in [0.25, 0.3) is 11.0 Å². The largest absolute Gasteiger partial charge is 0.490 e. The Bertz CT molecular complexity index is 1370. The number of halogens is 2. The quantitative estimate of drug-likeness (QED) is 0.359. The molecule has 3 heterocycles. The molecule has 1 aliphatic heterocycles. The Hall–Kier alpha value is -3.18. The molecule has 1 saturated heterocycles. The van der Waals surface area contributed by atoms with Gasteiger partial charge in [-0.2, -0.15) is 4.98 Å². The number of carbonyl (C=O) groups excluding carboxylic acids is 1. The van der Waals surface area contributed by atoms with E-state index < -0.39 is 11.7 Å². The van der Waals surface area contributed by atoms with Crippen LogP contribution >= 0.6 is 23.2 Å². The summed E-state index contributed by atoms with van der Waals surface area (Å²) in [5.41, 5.74) is 1.01. The summed E-state index contributed by atoms with van der Waals surface area (Å²) in [5.74, 6) is 1.97. The number of hydrogen-bond donors (Lipinski definition) is 3. The summed E-state index contributed by atoms with van der Waals surface area (Å²) >= 11 is 12.3. The van der Waals surface area contributed by atoms with Crippen LogP contribution in [-0.4, -0.2) is 62.8 Å². The van der Waals surface area contributed by atoms with E-state index in [-0.39, 0.29) is 18.3 Å². The van der Waals surface area contributed by atoms with Gasteiger partial charge in [0.05, 0.1) is 23.6 Å². The first-order valence-electron chi connectivity index (χ1n) is 12.4. The minimum Gasteiger partial charge on any atom is -0.490 e. The summed E-state index contributed by atoms with van der Waals surface area (Å²) < 4.78 is 12.7. The van der Waals surface area contributed by atoms with Gasteiger partial charge in [-0.25, -0.2) is 14.6 Å². The Labute approximate surface area is 230 Å². The Balaban J connectivity index is 1.57. The Morgan fingerprint density at radius 1 is 1.29 bits per heavy atom. The van der Waals surface area contributed by atoms with Gasteiger partial charge in [0.25, 0.3) is 0 Å². The zero-order valence-electron chi connectivity index (χ0n) is 22.1. The number of amides is 1. The Kier molecular flexibility index (Phi) is 8.27. The first-order valence-corrected chi connectivity index (χ1v) is 13.3. The second-order valence-corrected chi connectivity index (χ2v) is 11.3. The number of fused-ring (bicyclic) bond motifs is 1. The smallest absolute Gasteiger partial charge is 0.407 e. The van der Waals surface area contributed by atoms with E-state index in [0.717, 1.165) is 13.0 Å². The molecule has 4 rings (SSSR count). The maximum Gasteiger partial charge on any atom is 0.407 e.